The zero-order chi connectivity index (χ0) is 17.8. The van der Waals surface area contributed by atoms with E-state index in [1.165, 1.54) is 0 Å². The molecule has 3 rings (SSSR count). The fourth-order valence-corrected chi connectivity index (χ4v) is 4.01. The molecule has 0 aliphatic carbocycles. The zero-order valence-electron chi connectivity index (χ0n) is 15.1. The molecule has 1 fully saturated rings. The number of amides is 1. The number of rotatable bonds is 5. The number of nitrogens with zero attached hydrogens (tertiary/aromatic N) is 2. The SMILES string of the molecule is CCN(CC)C(=O)C1CCN(Cc2cc(Cl)cc3c2OCOC3)CC1. The Hall–Kier alpha value is -1.30. The Morgan fingerprint density at radius 1 is 1.28 bits per heavy atom. The van der Waals surface area contributed by atoms with Gasteiger partial charge in [-0.1, -0.05) is 11.6 Å². The van der Waals surface area contributed by atoms with Gasteiger partial charge in [0.15, 0.2) is 6.79 Å². The number of carbonyl (C=O) groups excluding carboxylic acids is 1. The van der Waals surface area contributed by atoms with E-state index in [9.17, 15) is 4.79 Å². The van der Waals surface area contributed by atoms with Gasteiger partial charge < -0.3 is 14.4 Å². The van der Waals surface area contributed by atoms with Crippen LogP contribution in [-0.4, -0.2) is 48.7 Å². The first-order chi connectivity index (χ1) is 12.1. The number of carbonyl (C=O) groups is 1. The Balaban J connectivity index is 1.61. The van der Waals surface area contributed by atoms with E-state index < -0.39 is 0 Å². The van der Waals surface area contributed by atoms with E-state index in [1.54, 1.807) is 0 Å². The molecule has 0 saturated carbocycles. The van der Waals surface area contributed by atoms with Crippen LogP contribution in [0.2, 0.25) is 5.02 Å². The molecule has 0 radical (unpaired) electrons. The molecule has 0 unspecified atom stereocenters. The van der Waals surface area contributed by atoms with Gasteiger partial charge >= 0.3 is 0 Å². The summed E-state index contributed by atoms with van der Waals surface area (Å²) in [7, 11) is 0. The molecule has 1 aromatic rings. The average Bonchev–Trinajstić information content (AvgIpc) is 2.63. The van der Waals surface area contributed by atoms with Gasteiger partial charge in [-0.2, -0.15) is 0 Å². The molecule has 1 saturated heterocycles. The summed E-state index contributed by atoms with van der Waals surface area (Å²) in [5.41, 5.74) is 2.12. The topological polar surface area (TPSA) is 42.0 Å². The third-order valence-electron chi connectivity index (χ3n) is 5.16. The Bertz CT molecular complexity index is 611. The quantitative estimate of drug-likeness (QED) is 0.802. The second-order valence-corrected chi connectivity index (χ2v) is 7.16. The summed E-state index contributed by atoms with van der Waals surface area (Å²) < 4.78 is 11.0. The second kappa shape index (κ2) is 8.39. The summed E-state index contributed by atoms with van der Waals surface area (Å²) in [5.74, 6) is 1.39. The number of piperidine rings is 1. The molecule has 2 aliphatic rings. The van der Waals surface area contributed by atoms with Crippen LogP contribution in [0.5, 0.6) is 5.75 Å². The Morgan fingerprint density at radius 2 is 2.00 bits per heavy atom. The van der Waals surface area contributed by atoms with Gasteiger partial charge in [0.05, 0.1) is 6.61 Å². The predicted octanol–water partition coefficient (Wildman–Crippen LogP) is 3.29. The number of benzene rings is 1. The fourth-order valence-electron chi connectivity index (χ4n) is 3.75. The molecule has 6 heteroatoms. The largest absolute Gasteiger partial charge is 0.467 e. The first-order valence-corrected chi connectivity index (χ1v) is 9.53. The van der Waals surface area contributed by atoms with E-state index in [0.29, 0.717) is 19.3 Å². The van der Waals surface area contributed by atoms with Crippen molar-refractivity contribution < 1.29 is 14.3 Å². The van der Waals surface area contributed by atoms with Crippen LogP contribution in [0.25, 0.3) is 0 Å². The maximum absolute atomic E-state index is 12.5. The smallest absolute Gasteiger partial charge is 0.225 e. The van der Waals surface area contributed by atoms with Gasteiger partial charge in [-0.15, -0.1) is 0 Å². The lowest BCUT2D eigenvalue weighted by molar-refractivity contribution is -0.136. The zero-order valence-corrected chi connectivity index (χ0v) is 15.8. The summed E-state index contributed by atoms with van der Waals surface area (Å²) in [5, 5.41) is 0.717. The van der Waals surface area contributed by atoms with E-state index >= 15 is 0 Å². The van der Waals surface area contributed by atoms with E-state index in [-0.39, 0.29) is 5.92 Å². The highest BCUT2D eigenvalue weighted by Crippen LogP contribution is 2.33. The standard InChI is InChI=1S/C19H27ClN2O3/c1-3-22(4-2)19(23)14-5-7-21(8-6-14)11-15-9-17(20)10-16-12-24-13-25-18(15)16/h9-10,14H,3-8,11-13H2,1-2H3. The molecule has 0 atom stereocenters. The normalized spacial score (nSPS) is 18.5. The van der Waals surface area contributed by atoms with Crippen molar-refractivity contribution in [3.63, 3.8) is 0 Å². The summed E-state index contributed by atoms with van der Waals surface area (Å²) in [6, 6.07) is 3.90. The molecule has 138 valence electrons. The van der Waals surface area contributed by atoms with Crippen LogP contribution in [-0.2, 0) is 22.7 Å². The number of halogens is 1. The van der Waals surface area contributed by atoms with Crippen molar-refractivity contribution in [2.45, 2.75) is 39.8 Å². The molecule has 25 heavy (non-hydrogen) atoms. The Morgan fingerprint density at radius 3 is 2.68 bits per heavy atom. The maximum atomic E-state index is 12.5. The molecular weight excluding hydrogens is 340 g/mol. The van der Waals surface area contributed by atoms with E-state index in [4.69, 9.17) is 21.1 Å². The third-order valence-corrected chi connectivity index (χ3v) is 5.38. The number of fused-ring (bicyclic) bond motifs is 1. The van der Waals surface area contributed by atoms with Crippen molar-refractivity contribution >= 4 is 17.5 Å². The van der Waals surface area contributed by atoms with Crippen LogP contribution in [0.1, 0.15) is 37.8 Å². The monoisotopic (exact) mass is 366 g/mol. The van der Waals surface area contributed by atoms with Gasteiger partial charge in [0, 0.05) is 41.7 Å². The van der Waals surface area contributed by atoms with Crippen LogP contribution in [0.3, 0.4) is 0 Å². The minimum Gasteiger partial charge on any atom is -0.467 e. The second-order valence-electron chi connectivity index (χ2n) is 6.72. The van der Waals surface area contributed by atoms with Gasteiger partial charge in [-0.3, -0.25) is 9.69 Å². The van der Waals surface area contributed by atoms with Crippen molar-refractivity contribution in [2.24, 2.45) is 5.92 Å². The van der Waals surface area contributed by atoms with Crippen molar-refractivity contribution in [3.8, 4) is 5.75 Å². The van der Waals surface area contributed by atoms with Gasteiger partial charge in [0.2, 0.25) is 5.91 Å². The van der Waals surface area contributed by atoms with Crippen LogP contribution in [0, 0.1) is 5.92 Å². The van der Waals surface area contributed by atoms with Gasteiger partial charge in [-0.05, 0) is 51.9 Å². The van der Waals surface area contributed by atoms with Crippen LogP contribution < -0.4 is 4.74 Å². The van der Waals surface area contributed by atoms with Crippen LogP contribution in [0.4, 0.5) is 0 Å². The summed E-state index contributed by atoms with van der Waals surface area (Å²) in [4.78, 5) is 16.8. The molecule has 2 heterocycles. The molecule has 0 aromatic heterocycles. The lowest BCUT2D eigenvalue weighted by atomic mass is 9.94. The highest BCUT2D eigenvalue weighted by Gasteiger charge is 2.28. The maximum Gasteiger partial charge on any atom is 0.225 e. The van der Waals surface area contributed by atoms with E-state index in [0.717, 1.165) is 67.5 Å². The van der Waals surface area contributed by atoms with Crippen LogP contribution in [0.15, 0.2) is 12.1 Å². The Labute approximate surface area is 154 Å². The van der Waals surface area contributed by atoms with Gasteiger partial charge in [0.1, 0.15) is 5.75 Å². The molecule has 1 amide bonds. The van der Waals surface area contributed by atoms with Crippen LogP contribution >= 0.6 is 11.6 Å². The summed E-state index contributed by atoms with van der Waals surface area (Å²) >= 11 is 6.25. The first kappa shape index (κ1) is 18.5. The van der Waals surface area contributed by atoms with Gasteiger partial charge in [-0.25, -0.2) is 0 Å². The summed E-state index contributed by atoms with van der Waals surface area (Å²) in [6.07, 6.45) is 1.84. The first-order valence-electron chi connectivity index (χ1n) is 9.15. The molecule has 5 nitrogen and oxygen atoms in total. The molecule has 0 N–H and O–H groups in total. The van der Waals surface area contributed by atoms with Crippen molar-refractivity contribution in [2.75, 3.05) is 33.0 Å². The van der Waals surface area contributed by atoms with Gasteiger partial charge in [0.25, 0.3) is 0 Å². The highest BCUT2D eigenvalue weighted by molar-refractivity contribution is 6.30. The van der Waals surface area contributed by atoms with Crippen molar-refractivity contribution in [3.05, 3.63) is 28.3 Å². The number of hydrogen-bond acceptors (Lipinski definition) is 4. The molecule has 0 spiro atoms. The minimum atomic E-state index is 0.161. The lowest BCUT2D eigenvalue weighted by Gasteiger charge is -2.34. The Kier molecular flexibility index (Phi) is 6.20. The van der Waals surface area contributed by atoms with E-state index in [1.807, 2.05) is 30.9 Å². The molecule has 0 bridgehead atoms. The van der Waals surface area contributed by atoms with Crippen molar-refractivity contribution in [1.29, 1.82) is 0 Å². The van der Waals surface area contributed by atoms with E-state index in [2.05, 4.69) is 4.90 Å². The number of ether oxygens (including phenoxy) is 2. The minimum absolute atomic E-state index is 0.161. The predicted molar refractivity (Wildman–Crippen MR) is 97.7 cm³/mol. The molecule has 2 aliphatic heterocycles. The molecular formula is C19H27ClN2O3. The molecule has 1 aromatic carbocycles. The number of hydrogen-bond donors (Lipinski definition) is 0. The lowest BCUT2D eigenvalue weighted by Crippen LogP contribution is -2.42. The summed E-state index contributed by atoms with van der Waals surface area (Å²) in [6.45, 7) is 9.17. The number of likely N-dealkylation sites (tertiary alicyclic amines) is 1. The third kappa shape index (κ3) is 4.27. The fraction of sp³-hybridized carbons (Fsp3) is 0.632. The highest BCUT2D eigenvalue weighted by atomic mass is 35.5. The van der Waals surface area contributed by atoms with Crippen molar-refractivity contribution in [1.82, 2.24) is 9.80 Å². The average molecular weight is 367 g/mol.